The van der Waals surface area contributed by atoms with Gasteiger partial charge in [-0.3, -0.25) is 4.79 Å². The van der Waals surface area contributed by atoms with E-state index in [2.05, 4.69) is 31.2 Å². The molecule has 3 atom stereocenters. The number of hydrogen-bond acceptors (Lipinski definition) is 3. The predicted octanol–water partition coefficient (Wildman–Crippen LogP) is 4.18. The average Bonchev–Trinajstić information content (AvgIpc) is 3.26. The van der Waals surface area contributed by atoms with E-state index in [0.717, 1.165) is 34.4 Å². The van der Waals surface area contributed by atoms with Gasteiger partial charge in [-0.15, -0.1) is 0 Å². The van der Waals surface area contributed by atoms with Gasteiger partial charge in [-0.2, -0.15) is 0 Å². The number of carbonyl (C=O) groups is 2. The summed E-state index contributed by atoms with van der Waals surface area (Å²) >= 11 is 3.43. The fourth-order valence-corrected chi connectivity index (χ4v) is 3.98. The minimum Gasteiger partial charge on any atom is -0.465 e. The van der Waals surface area contributed by atoms with Crippen LogP contribution in [0, 0.1) is 5.92 Å². The number of likely N-dealkylation sites (tertiary alicyclic amines) is 1. The van der Waals surface area contributed by atoms with E-state index in [1.165, 1.54) is 0 Å². The first-order valence-corrected chi connectivity index (χ1v) is 10.2. The molecule has 0 radical (unpaired) electrons. The van der Waals surface area contributed by atoms with Crippen LogP contribution in [0.5, 0.6) is 0 Å². The Hall–Kier alpha value is -2.35. The van der Waals surface area contributed by atoms with E-state index < -0.39 is 12.1 Å². The van der Waals surface area contributed by atoms with E-state index in [9.17, 15) is 9.59 Å². The minimum atomic E-state index is -1.19. The fourth-order valence-electron chi connectivity index (χ4n) is 3.71. The summed E-state index contributed by atoms with van der Waals surface area (Å²) < 4.78 is 1.00. The van der Waals surface area contributed by atoms with E-state index in [0.29, 0.717) is 0 Å². The predicted molar refractivity (Wildman–Crippen MR) is 110 cm³/mol. The van der Waals surface area contributed by atoms with Crippen LogP contribution < -0.4 is 5.32 Å². The SMILES string of the molecule is CC(C)[C@H](NC(=O)O)C(=O)N1[C@@H](C)CC[C@H]1c1ncc(-c2ccc(Br)cc2)[nH]1. The number of H-pyrrole nitrogens is 1. The number of imidazole rings is 1. The first-order chi connectivity index (χ1) is 13.3. The third kappa shape index (κ3) is 4.22. The second-order valence-electron chi connectivity index (χ2n) is 7.55. The van der Waals surface area contributed by atoms with Crippen molar-refractivity contribution in [3.05, 3.63) is 40.8 Å². The van der Waals surface area contributed by atoms with Crippen molar-refractivity contribution >= 4 is 27.9 Å². The maximum atomic E-state index is 13.2. The van der Waals surface area contributed by atoms with Gasteiger partial charge in [0.15, 0.2) is 0 Å². The van der Waals surface area contributed by atoms with Crippen molar-refractivity contribution in [3.8, 4) is 11.3 Å². The van der Waals surface area contributed by atoms with Crippen LogP contribution in [0.25, 0.3) is 11.3 Å². The first kappa shape index (κ1) is 20.4. The molecule has 0 unspecified atom stereocenters. The topological polar surface area (TPSA) is 98.3 Å². The molecule has 2 amide bonds. The first-order valence-electron chi connectivity index (χ1n) is 9.40. The highest BCUT2D eigenvalue weighted by molar-refractivity contribution is 9.10. The number of hydrogen-bond donors (Lipinski definition) is 3. The average molecular weight is 449 g/mol. The van der Waals surface area contributed by atoms with Gasteiger partial charge in [0, 0.05) is 10.5 Å². The Labute approximate surface area is 172 Å². The Morgan fingerprint density at radius 2 is 1.96 bits per heavy atom. The molecule has 1 aliphatic heterocycles. The van der Waals surface area contributed by atoms with Gasteiger partial charge in [-0.1, -0.05) is 41.9 Å². The normalized spacial score (nSPS) is 20.4. The van der Waals surface area contributed by atoms with E-state index >= 15 is 0 Å². The van der Waals surface area contributed by atoms with Gasteiger partial charge < -0.3 is 20.3 Å². The molecule has 3 N–H and O–H groups in total. The fraction of sp³-hybridized carbons (Fsp3) is 0.450. The van der Waals surface area contributed by atoms with Crippen molar-refractivity contribution in [2.45, 2.75) is 51.7 Å². The van der Waals surface area contributed by atoms with Crippen molar-refractivity contribution in [1.82, 2.24) is 20.2 Å². The number of carbonyl (C=O) groups excluding carboxylic acids is 1. The Kier molecular flexibility index (Phi) is 6.07. The third-order valence-electron chi connectivity index (χ3n) is 5.20. The summed E-state index contributed by atoms with van der Waals surface area (Å²) in [5.74, 6) is 0.384. The van der Waals surface area contributed by atoms with Crippen LogP contribution in [0.2, 0.25) is 0 Å². The zero-order chi connectivity index (χ0) is 20.4. The highest BCUT2D eigenvalue weighted by Gasteiger charge is 2.41. The molecule has 150 valence electrons. The molecule has 3 rings (SSSR count). The van der Waals surface area contributed by atoms with Gasteiger partial charge in [0.25, 0.3) is 0 Å². The molecular formula is C20H25BrN4O3. The Morgan fingerprint density at radius 1 is 1.29 bits per heavy atom. The molecule has 2 aromatic rings. The van der Waals surface area contributed by atoms with Crippen LogP contribution in [0.3, 0.4) is 0 Å². The maximum Gasteiger partial charge on any atom is 0.405 e. The van der Waals surface area contributed by atoms with Crippen LogP contribution in [0.15, 0.2) is 34.9 Å². The quantitative estimate of drug-likeness (QED) is 0.638. The lowest BCUT2D eigenvalue weighted by Crippen LogP contribution is -2.52. The maximum absolute atomic E-state index is 13.2. The lowest BCUT2D eigenvalue weighted by molar-refractivity contribution is -0.137. The molecule has 8 heteroatoms. The van der Waals surface area contributed by atoms with Gasteiger partial charge in [0.2, 0.25) is 5.91 Å². The van der Waals surface area contributed by atoms with Crippen LogP contribution in [0.4, 0.5) is 4.79 Å². The number of carboxylic acid groups (broad SMARTS) is 1. The van der Waals surface area contributed by atoms with Crippen molar-refractivity contribution in [1.29, 1.82) is 0 Å². The molecule has 7 nitrogen and oxygen atoms in total. The molecule has 0 spiro atoms. The van der Waals surface area contributed by atoms with Crippen molar-refractivity contribution in [2.75, 3.05) is 0 Å². The number of aromatic nitrogens is 2. The van der Waals surface area contributed by atoms with Gasteiger partial charge >= 0.3 is 6.09 Å². The van der Waals surface area contributed by atoms with Gasteiger partial charge in [0.05, 0.1) is 17.9 Å². The Bertz CT molecular complexity index is 849. The largest absolute Gasteiger partial charge is 0.465 e. The molecule has 1 aromatic carbocycles. The summed E-state index contributed by atoms with van der Waals surface area (Å²) in [4.78, 5) is 34.0. The summed E-state index contributed by atoms with van der Waals surface area (Å²) in [7, 11) is 0. The summed E-state index contributed by atoms with van der Waals surface area (Å²) in [5.41, 5.74) is 1.90. The number of amides is 2. The molecule has 2 heterocycles. The number of benzene rings is 1. The van der Waals surface area contributed by atoms with Crippen molar-refractivity contribution in [3.63, 3.8) is 0 Å². The van der Waals surface area contributed by atoms with Gasteiger partial charge in [-0.05, 0) is 43.4 Å². The number of halogens is 1. The minimum absolute atomic E-state index is 0.0237. The van der Waals surface area contributed by atoms with Crippen LogP contribution in [0.1, 0.15) is 45.5 Å². The van der Waals surface area contributed by atoms with E-state index in [1.54, 1.807) is 11.1 Å². The van der Waals surface area contributed by atoms with Crippen molar-refractivity contribution < 1.29 is 14.7 Å². The molecule has 28 heavy (non-hydrogen) atoms. The second kappa shape index (κ2) is 8.34. The summed E-state index contributed by atoms with van der Waals surface area (Å²) in [6.45, 7) is 5.67. The smallest absolute Gasteiger partial charge is 0.405 e. The van der Waals surface area contributed by atoms with Gasteiger partial charge in [0.1, 0.15) is 11.9 Å². The lowest BCUT2D eigenvalue weighted by Gasteiger charge is -2.32. The molecule has 0 saturated carbocycles. The Balaban J connectivity index is 1.86. The highest BCUT2D eigenvalue weighted by atomic mass is 79.9. The summed E-state index contributed by atoms with van der Waals surface area (Å²) in [6.07, 6.45) is 2.23. The highest BCUT2D eigenvalue weighted by Crippen LogP contribution is 2.36. The monoisotopic (exact) mass is 448 g/mol. The summed E-state index contributed by atoms with van der Waals surface area (Å²) in [6, 6.07) is 6.98. The lowest BCUT2D eigenvalue weighted by atomic mass is 10.0. The Morgan fingerprint density at radius 3 is 2.57 bits per heavy atom. The van der Waals surface area contributed by atoms with Crippen LogP contribution >= 0.6 is 15.9 Å². The zero-order valence-electron chi connectivity index (χ0n) is 16.1. The van der Waals surface area contributed by atoms with Crippen LogP contribution in [-0.2, 0) is 4.79 Å². The number of nitrogens with one attached hydrogen (secondary N) is 2. The molecule has 1 aliphatic rings. The van der Waals surface area contributed by atoms with E-state index in [1.807, 2.05) is 45.0 Å². The number of nitrogens with zero attached hydrogens (tertiary/aromatic N) is 2. The molecule has 0 bridgehead atoms. The number of rotatable bonds is 5. The van der Waals surface area contributed by atoms with Crippen LogP contribution in [-0.4, -0.2) is 44.1 Å². The van der Waals surface area contributed by atoms with Crippen molar-refractivity contribution in [2.24, 2.45) is 5.92 Å². The zero-order valence-corrected chi connectivity index (χ0v) is 17.7. The molecule has 0 aliphatic carbocycles. The van der Waals surface area contributed by atoms with Gasteiger partial charge in [-0.25, -0.2) is 9.78 Å². The second-order valence-corrected chi connectivity index (χ2v) is 8.46. The number of aromatic amines is 1. The molecule has 1 fully saturated rings. The van der Waals surface area contributed by atoms with E-state index in [4.69, 9.17) is 5.11 Å². The molecule has 1 saturated heterocycles. The van der Waals surface area contributed by atoms with E-state index in [-0.39, 0.29) is 23.9 Å². The standard InChI is InChI=1S/C20H25BrN4O3/c1-11(2)17(24-20(27)28)19(26)25-12(3)4-9-16(25)18-22-10-15(23-18)13-5-7-14(21)8-6-13/h5-8,10-12,16-17,24H,4,9H2,1-3H3,(H,22,23)(H,27,28)/t12-,16-,17-/m0/s1. The molecule has 1 aromatic heterocycles. The third-order valence-corrected chi connectivity index (χ3v) is 5.73. The molecular weight excluding hydrogens is 424 g/mol. The summed E-state index contributed by atoms with van der Waals surface area (Å²) in [5, 5.41) is 11.5.